The molecule has 1 saturated heterocycles. The Bertz CT molecular complexity index is 2010. The Kier molecular flexibility index (Phi) is 11.2. The van der Waals surface area contributed by atoms with E-state index in [1.54, 1.807) is 0 Å². The van der Waals surface area contributed by atoms with Crippen LogP contribution in [0.5, 0.6) is 5.75 Å². The summed E-state index contributed by atoms with van der Waals surface area (Å²) in [6, 6.07) is 5.87. The zero-order valence-electron chi connectivity index (χ0n) is 33.2. The Morgan fingerprint density at radius 1 is 1.09 bits per heavy atom. The summed E-state index contributed by atoms with van der Waals surface area (Å²) in [5.41, 5.74) is -0.379. The van der Waals surface area contributed by atoms with Crippen molar-refractivity contribution in [1.29, 1.82) is 0 Å². The molecule has 1 aromatic carbocycles. The van der Waals surface area contributed by atoms with Crippen LogP contribution in [0.2, 0.25) is 0 Å². The Morgan fingerprint density at radius 3 is 2.62 bits per heavy atom. The minimum Gasteiger partial charge on any atom is -0.483 e. The molecule has 1 spiro atoms. The first kappa shape index (κ1) is 40.0. The van der Waals surface area contributed by atoms with Crippen molar-refractivity contribution >= 4 is 44.7 Å². The number of amides is 4. The lowest BCUT2D eigenvalue weighted by Crippen LogP contribution is -2.58. The summed E-state index contributed by atoms with van der Waals surface area (Å²) < 4.78 is 41.1. The SMILES string of the molecule is CCCCCS(=O)(=O)NC(=O)[C@@]12C[C@H]1/C=C\CCCCC[C@H](NC(=O)OC1(C(C)C)CC1)C(=O)N1C[C@@]3(CCc4c(c(C)nc5ccccc45)O3)C[C@H]1C(=O)N2. The van der Waals surface area contributed by atoms with Crippen molar-refractivity contribution in [3.63, 3.8) is 0 Å². The van der Waals surface area contributed by atoms with E-state index in [1.807, 2.05) is 64.1 Å². The smallest absolute Gasteiger partial charge is 0.408 e. The molecule has 7 rings (SSSR count). The highest BCUT2D eigenvalue weighted by Crippen LogP contribution is 2.48. The van der Waals surface area contributed by atoms with E-state index in [-0.39, 0.29) is 31.1 Å². The number of unbranched alkanes of at least 4 members (excludes halogenated alkanes) is 2. The number of nitrogens with zero attached hydrogens (tertiary/aromatic N) is 2. The number of rotatable bonds is 9. The molecule has 0 unspecified atom stereocenters. The van der Waals surface area contributed by atoms with Crippen molar-refractivity contribution in [3.8, 4) is 5.75 Å². The maximum absolute atomic E-state index is 14.8. The fraction of sp³-hybridized carbons (Fsp3) is 0.643. The van der Waals surface area contributed by atoms with Gasteiger partial charge in [0, 0.05) is 23.3 Å². The number of alkyl carbamates (subject to hydrolysis) is 1. The van der Waals surface area contributed by atoms with Crippen molar-refractivity contribution in [3.05, 3.63) is 47.7 Å². The first-order valence-electron chi connectivity index (χ1n) is 20.6. The van der Waals surface area contributed by atoms with Gasteiger partial charge in [0.05, 0.1) is 23.5 Å². The molecule has 2 aromatic rings. The van der Waals surface area contributed by atoms with Gasteiger partial charge < -0.3 is 25.0 Å². The van der Waals surface area contributed by atoms with Crippen LogP contribution < -0.4 is 20.1 Å². The number of benzene rings is 1. The van der Waals surface area contributed by atoms with Gasteiger partial charge in [0.25, 0.3) is 5.91 Å². The number of aryl methyl sites for hydroxylation is 2. The zero-order valence-corrected chi connectivity index (χ0v) is 34.0. The topological polar surface area (TPSA) is 173 Å². The first-order valence-corrected chi connectivity index (χ1v) is 22.3. The molecule has 13 nitrogen and oxygen atoms in total. The number of carbonyl (C=O) groups is 4. The predicted octanol–water partition coefficient (Wildman–Crippen LogP) is 5.52. The molecule has 4 amide bonds. The normalized spacial score (nSPS) is 29.2. The molecule has 2 aliphatic carbocycles. The molecule has 5 aliphatic rings. The minimum atomic E-state index is -3.94. The Labute approximate surface area is 330 Å². The van der Waals surface area contributed by atoms with Crippen molar-refractivity contribution in [2.24, 2.45) is 11.8 Å². The maximum Gasteiger partial charge on any atom is 0.408 e. The second-order valence-electron chi connectivity index (χ2n) is 17.1. The van der Waals surface area contributed by atoms with Gasteiger partial charge in [-0.05, 0) is 76.7 Å². The summed E-state index contributed by atoms with van der Waals surface area (Å²) in [6.45, 7) is 7.96. The Hall–Kier alpha value is -4.20. The van der Waals surface area contributed by atoms with Gasteiger partial charge >= 0.3 is 6.09 Å². The fourth-order valence-corrected chi connectivity index (χ4v) is 10.1. The van der Waals surface area contributed by atoms with Crippen LogP contribution in [0.3, 0.4) is 0 Å². The number of pyridine rings is 1. The monoisotopic (exact) mass is 791 g/mol. The number of allylic oxidation sites excluding steroid dienone is 1. The molecular formula is C42H57N5O8S. The second kappa shape index (κ2) is 15.6. The van der Waals surface area contributed by atoms with Crippen LogP contribution in [0.4, 0.5) is 4.79 Å². The van der Waals surface area contributed by atoms with Crippen LogP contribution in [0.1, 0.15) is 115 Å². The third-order valence-electron chi connectivity index (χ3n) is 12.7. The molecule has 3 aliphatic heterocycles. The molecular weight excluding hydrogens is 735 g/mol. The summed E-state index contributed by atoms with van der Waals surface area (Å²) in [4.78, 5) is 63.1. The van der Waals surface area contributed by atoms with Crippen molar-refractivity contribution in [1.82, 2.24) is 25.2 Å². The van der Waals surface area contributed by atoms with E-state index >= 15 is 0 Å². The third kappa shape index (κ3) is 8.13. The van der Waals surface area contributed by atoms with Crippen LogP contribution >= 0.6 is 0 Å². The number of carbonyl (C=O) groups excluding carboxylic acids is 4. The molecule has 2 saturated carbocycles. The average Bonchev–Trinajstić information content (AvgIpc) is 4.05. The lowest BCUT2D eigenvalue weighted by molar-refractivity contribution is -0.141. The number of fused-ring (bicyclic) bond motifs is 5. The highest BCUT2D eigenvalue weighted by Gasteiger charge is 2.62. The van der Waals surface area contributed by atoms with E-state index in [0.717, 1.165) is 48.6 Å². The molecule has 3 N–H and O–H groups in total. The number of nitrogens with one attached hydrogen (secondary N) is 3. The zero-order chi connectivity index (χ0) is 39.9. The molecule has 304 valence electrons. The number of para-hydroxylation sites is 1. The van der Waals surface area contributed by atoms with Crippen LogP contribution in [-0.4, -0.2) is 83.2 Å². The number of aromatic nitrogens is 1. The summed E-state index contributed by atoms with van der Waals surface area (Å²) in [7, 11) is -3.94. The Morgan fingerprint density at radius 2 is 1.88 bits per heavy atom. The largest absolute Gasteiger partial charge is 0.483 e. The van der Waals surface area contributed by atoms with E-state index < -0.39 is 68.6 Å². The molecule has 0 bridgehead atoms. The molecule has 5 atom stereocenters. The third-order valence-corrected chi connectivity index (χ3v) is 14.0. The number of hydrogen-bond acceptors (Lipinski definition) is 9. The quantitative estimate of drug-likeness (QED) is 0.218. The van der Waals surface area contributed by atoms with Crippen molar-refractivity contribution in [2.45, 2.75) is 146 Å². The summed E-state index contributed by atoms with van der Waals surface area (Å²) in [6.07, 6.45) is 11.5. The number of hydrogen-bond donors (Lipinski definition) is 3. The second-order valence-corrected chi connectivity index (χ2v) is 18.9. The Balaban J connectivity index is 1.21. The average molecular weight is 792 g/mol. The first-order chi connectivity index (χ1) is 26.7. The highest BCUT2D eigenvalue weighted by atomic mass is 32.2. The van der Waals surface area contributed by atoms with Crippen molar-refractivity contribution in [2.75, 3.05) is 12.3 Å². The van der Waals surface area contributed by atoms with Crippen LogP contribution in [0.25, 0.3) is 10.9 Å². The van der Waals surface area contributed by atoms with E-state index in [2.05, 4.69) is 15.4 Å². The number of ether oxygens (including phenoxy) is 2. The molecule has 14 heteroatoms. The van der Waals surface area contributed by atoms with Crippen LogP contribution in [0, 0.1) is 18.8 Å². The molecule has 1 aromatic heterocycles. The lowest BCUT2D eigenvalue weighted by atomic mass is 9.87. The van der Waals surface area contributed by atoms with Gasteiger partial charge in [0.2, 0.25) is 21.8 Å². The van der Waals surface area contributed by atoms with Gasteiger partial charge in [-0.15, -0.1) is 0 Å². The van der Waals surface area contributed by atoms with Gasteiger partial charge in [-0.1, -0.05) is 76.8 Å². The fourth-order valence-electron chi connectivity index (χ4n) is 8.96. The highest BCUT2D eigenvalue weighted by molar-refractivity contribution is 7.90. The van der Waals surface area contributed by atoms with Gasteiger partial charge in [-0.3, -0.25) is 19.1 Å². The maximum atomic E-state index is 14.8. The standard InChI is InChI=1S/C42H57N5O8S/c1-5-6-14-23-56(52,53)46-38(50)42-24-29(42)15-10-8-7-9-11-18-33(44-39(51)55-41(21-22-41)27(2)3)37(49)47-26-40(25-34(47)36(48)45-42)20-19-31-30-16-12-13-17-32(30)43-28(4)35(31)54-40/h10,12-13,15-17,27,29,33-34H,5-9,11,14,18-26H2,1-4H3,(H,44,51)(H,45,48)(H,46,50)/b15-10-/t29-,33+,34+,40-,42-/m1/s1. The minimum absolute atomic E-state index is 0.0765. The lowest BCUT2D eigenvalue weighted by Gasteiger charge is -2.36. The van der Waals surface area contributed by atoms with Crippen molar-refractivity contribution < 1.29 is 37.1 Å². The number of sulfonamides is 1. The molecule has 56 heavy (non-hydrogen) atoms. The van der Waals surface area contributed by atoms with Crippen LogP contribution in [-0.2, 0) is 35.6 Å². The van der Waals surface area contributed by atoms with Gasteiger partial charge in [0.15, 0.2) is 0 Å². The molecule has 0 radical (unpaired) electrons. The molecule has 3 fully saturated rings. The van der Waals surface area contributed by atoms with E-state index in [1.165, 1.54) is 4.90 Å². The predicted molar refractivity (Wildman–Crippen MR) is 211 cm³/mol. The molecule has 4 heterocycles. The van der Waals surface area contributed by atoms with E-state index in [9.17, 15) is 27.6 Å². The van der Waals surface area contributed by atoms with E-state index in [4.69, 9.17) is 14.5 Å². The summed E-state index contributed by atoms with van der Waals surface area (Å²) >= 11 is 0. The van der Waals surface area contributed by atoms with Gasteiger partial charge in [-0.2, -0.15) is 0 Å². The van der Waals surface area contributed by atoms with E-state index in [0.29, 0.717) is 56.4 Å². The van der Waals surface area contributed by atoms with Gasteiger partial charge in [0.1, 0.15) is 34.6 Å². The summed E-state index contributed by atoms with van der Waals surface area (Å²) in [5.74, 6) is -1.61. The summed E-state index contributed by atoms with van der Waals surface area (Å²) in [5, 5.41) is 6.84. The van der Waals surface area contributed by atoms with Gasteiger partial charge in [-0.25, -0.2) is 18.2 Å². The van der Waals surface area contributed by atoms with Crippen LogP contribution in [0.15, 0.2) is 36.4 Å².